The van der Waals surface area contributed by atoms with E-state index in [0.29, 0.717) is 13.2 Å². The van der Waals surface area contributed by atoms with Crippen LogP contribution in [0.4, 0.5) is 0 Å². The molecular formula is C10H18N2O2S. The molecule has 0 amide bonds. The Balaban J connectivity index is 2.36. The smallest absolute Gasteiger partial charge is 0.119 e. The predicted molar refractivity (Wildman–Crippen MR) is 60.8 cm³/mol. The van der Waals surface area contributed by atoms with Gasteiger partial charge in [-0.3, -0.25) is 0 Å². The summed E-state index contributed by atoms with van der Waals surface area (Å²) >= 11 is 1.60. The molecule has 2 N–H and O–H groups in total. The van der Waals surface area contributed by atoms with E-state index >= 15 is 0 Å². The maximum Gasteiger partial charge on any atom is 0.119 e. The molecular weight excluding hydrogens is 212 g/mol. The quantitative estimate of drug-likeness (QED) is 0.738. The van der Waals surface area contributed by atoms with Crippen LogP contribution in [0.1, 0.15) is 24.0 Å². The predicted octanol–water partition coefficient (Wildman–Crippen LogP) is 1.15. The van der Waals surface area contributed by atoms with Gasteiger partial charge in [0.2, 0.25) is 0 Å². The molecule has 0 aliphatic carbocycles. The van der Waals surface area contributed by atoms with Gasteiger partial charge in [-0.15, -0.1) is 11.3 Å². The summed E-state index contributed by atoms with van der Waals surface area (Å²) < 4.78 is 5.00. The molecule has 15 heavy (non-hydrogen) atoms. The van der Waals surface area contributed by atoms with Crippen LogP contribution in [-0.2, 0) is 17.9 Å². The summed E-state index contributed by atoms with van der Waals surface area (Å²) in [5.41, 5.74) is 1.01. The van der Waals surface area contributed by atoms with Crippen LogP contribution in [0.15, 0.2) is 5.38 Å². The van der Waals surface area contributed by atoms with Gasteiger partial charge in [0, 0.05) is 25.1 Å². The van der Waals surface area contributed by atoms with E-state index < -0.39 is 0 Å². The lowest BCUT2D eigenvalue weighted by Crippen LogP contribution is -2.31. The zero-order valence-corrected chi connectivity index (χ0v) is 10.0. The van der Waals surface area contributed by atoms with Crippen molar-refractivity contribution in [2.45, 2.75) is 32.5 Å². The third-order valence-corrected chi connectivity index (χ3v) is 3.02. The second kappa shape index (κ2) is 6.90. The molecule has 0 bridgehead atoms. The monoisotopic (exact) mass is 230 g/mol. The van der Waals surface area contributed by atoms with Crippen LogP contribution >= 0.6 is 11.3 Å². The average Bonchev–Trinajstić information content (AvgIpc) is 2.68. The van der Waals surface area contributed by atoms with Gasteiger partial charge in [0.05, 0.1) is 18.9 Å². The minimum atomic E-state index is 0.164. The van der Waals surface area contributed by atoms with Crippen molar-refractivity contribution < 1.29 is 9.84 Å². The second-order valence-corrected chi connectivity index (χ2v) is 4.28. The average molecular weight is 230 g/mol. The van der Waals surface area contributed by atoms with Crippen LogP contribution < -0.4 is 5.32 Å². The lowest BCUT2D eigenvalue weighted by molar-refractivity contribution is 0.184. The second-order valence-electron chi connectivity index (χ2n) is 3.33. The number of hydrogen-bond acceptors (Lipinski definition) is 5. The molecule has 0 fully saturated rings. The number of aliphatic hydroxyl groups is 1. The lowest BCUT2D eigenvalue weighted by Gasteiger charge is -2.12. The summed E-state index contributed by atoms with van der Waals surface area (Å²) in [6.45, 7) is 3.50. The Labute approximate surface area is 94.3 Å². The normalized spacial score (nSPS) is 13.0. The standard InChI is InChI=1S/C10H18N2O2S/c1-3-8(5-13)11-4-9-7-15-10(12-9)6-14-2/h7-8,11,13H,3-6H2,1-2H3/t8-/m1/s1. The molecule has 0 aliphatic heterocycles. The maximum atomic E-state index is 8.99. The van der Waals surface area contributed by atoms with Crippen LogP contribution in [0, 0.1) is 0 Å². The fourth-order valence-corrected chi connectivity index (χ4v) is 1.97. The van der Waals surface area contributed by atoms with Gasteiger partial charge < -0.3 is 15.2 Å². The Morgan fingerprint density at radius 2 is 2.47 bits per heavy atom. The van der Waals surface area contributed by atoms with Crippen LogP contribution in [0.5, 0.6) is 0 Å². The van der Waals surface area contributed by atoms with E-state index in [4.69, 9.17) is 9.84 Å². The Morgan fingerprint density at radius 1 is 1.67 bits per heavy atom. The molecule has 0 aliphatic rings. The number of aromatic nitrogens is 1. The van der Waals surface area contributed by atoms with Crippen LogP contribution in [0.3, 0.4) is 0 Å². The number of hydrogen-bond donors (Lipinski definition) is 2. The van der Waals surface area contributed by atoms with Crippen molar-refractivity contribution in [3.63, 3.8) is 0 Å². The van der Waals surface area contributed by atoms with E-state index in [-0.39, 0.29) is 12.6 Å². The summed E-state index contributed by atoms with van der Waals surface area (Å²) in [5, 5.41) is 15.2. The molecule has 0 unspecified atom stereocenters. The van der Waals surface area contributed by atoms with Crippen molar-refractivity contribution in [2.75, 3.05) is 13.7 Å². The van der Waals surface area contributed by atoms with E-state index in [1.807, 2.05) is 12.3 Å². The van der Waals surface area contributed by atoms with Crippen LogP contribution in [-0.4, -0.2) is 29.8 Å². The zero-order chi connectivity index (χ0) is 11.1. The van der Waals surface area contributed by atoms with Crippen molar-refractivity contribution in [1.82, 2.24) is 10.3 Å². The highest BCUT2D eigenvalue weighted by Crippen LogP contribution is 2.10. The first kappa shape index (κ1) is 12.6. The molecule has 86 valence electrons. The number of nitrogens with zero attached hydrogens (tertiary/aromatic N) is 1. The summed E-state index contributed by atoms with van der Waals surface area (Å²) in [5.74, 6) is 0. The van der Waals surface area contributed by atoms with Crippen molar-refractivity contribution in [1.29, 1.82) is 0 Å². The van der Waals surface area contributed by atoms with Gasteiger partial charge in [0.15, 0.2) is 0 Å². The first-order chi connectivity index (χ1) is 7.30. The van der Waals surface area contributed by atoms with Crippen LogP contribution in [0.2, 0.25) is 0 Å². The topological polar surface area (TPSA) is 54.4 Å². The van der Waals surface area contributed by atoms with Gasteiger partial charge in [-0.25, -0.2) is 4.98 Å². The summed E-state index contributed by atoms with van der Waals surface area (Å²) in [4.78, 5) is 4.39. The molecule has 0 spiro atoms. The number of aliphatic hydroxyl groups excluding tert-OH is 1. The summed E-state index contributed by atoms with van der Waals surface area (Å²) in [6.07, 6.45) is 0.922. The molecule has 0 saturated heterocycles. The lowest BCUT2D eigenvalue weighted by atomic mass is 10.2. The van der Waals surface area contributed by atoms with E-state index in [1.165, 1.54) is 0 Å². The SMILES string of the molecule is CC[C@H](CO)NCc1csc(COC)n1. The molecule has 0 saturated carbocycles. The van der Waals surface area contributed by atoms with E-state index in [0.717, 1.165) is 17.1 Å². The fourth-order valence-electron chi connectivity index (χ4n) is 1.21. The van der Waals surface area contributed by atoms with Crippen molar-refractivity contribution in [2.24, 2.45) is 0 Å². The highest BCUT2D eigenvalue weighted by molar-refractivity contribution is 7.09. The minimum absolute atomic E-state index is 0.164. The largest absolute Gasteiger partial charge is 0.395 e. The van der Waals surface area contributed by atoms with Crippen molar-refractivity contribution >= 4 is 11.3 Å². The Hall–Kier alpha value is -0.490. The minimum Gasteiger partial charge on any atom is -0.395 e. The number of thiazole rings is 1. The van der Waals surface area contributed by atoms with Gasteiger partial charge in [-0.1, -0.05) is 6.92 Å². The third kappa shape index (κ3) is 4.25. The van der Waals surface area contributed by atoms with E-state index in [9.17, 15) is 0 Å². The van der Waals surface area contributed by atoms with E-state index in [1.54, 1.807) is 18.4 Å². The van der Waals surface area contributed by atoms with Crippen LogP contribution in [0.25, 0.3) is 0 Å². The molecule has 0 aromatic carbocycles. The van der Waals surface area contributed by atoms with Gasteiger partial charge >= 0.3 is 0 Å². The Morgan fingerprint density at radius 3 is 3.07 bits per heavy atom. The molecule has 1 aromatic heterocycles. The van der Waals surface area contributed by atoms with Crippen molar-refractivity contribution in [3.05, 3.63) is 16.1 Å². The highest BCUT2D eigenvalue weighted by Gasteiger charge is 2.05. The van der Waals surface area contributed by atoms with Gasteiger partial charge in [-0.05, 0) is 6.42 Å². The number of rotatable bonds is 7. The van der Waals surface area contributed by atoms with E-state index in [2.05, 4.69) is 10.3 Å². The van der Waals surface area contributed by atoms with Gasteiger partial charge in [0.1, 0.15) is 5.01 Å². The molecule has 1 heterocycles. The molecule has 1 aromatic rings. The number of ether oxygens (including phenoxy) is 1. The number of methoxy groups -OCH3 is 1. The first-order valence-electron chi connectivity index (χ1n) is 5.06. The fraction of sp³-hybridized carbons (Fsp3) is 0.700. The zero-order valence-electron chi connectivity index (χ0n) is 9.19. The van der Waals surface area contributed by atoms with Gasteiger partial charge in [-0.2, -0.15) is 0 Å². The highest BCUT2D eigenvalue weighted by atomic mass is 32.1. The molecule has 1 atom stereocenters. The van der Waals surface area contributed by atoms with Gasteiger partial charge in [0.25, 0.3) is 0 Å². The Bertz CT molecular complexity index is 274. The molecule has 4 nitrogen and oxygen atoms in total. The maximum absolute atomic E-state index is 8.99. The molecule has 5 heteroatoms. The van der Waals surface area contributed by atoms with Crippen molar-refractivity contribution in [3.8, 4) is 0 Å². The summed E-state index contributed by atoms with van der Waals surface area (Å²) in [6, 6.07) is 0.164. The molecule has 0 radical (unpaired) electrons. The number of nitrogens with one attached hydrogen (secondary N) is 1. The first-order valence-corrected chi connectivity index (χ1v) is 5.94. The third-order valence-electron chi connectivity index (χ3n) is 2.15. The molecule has 1 rings (SSSR count). The Kier molecular flexibility index (Phi) is 5.78. The summed E-state index contributed by atoms with van der Waals surface area (Å²) in [7, 11) is 1.66.